The van der Waals surface area contributed by atoms with E-state index in [2.05, 4.69) is 4.98 Å². The van der Waals surface area contributed by atoms with Crippen LogP contribution in [-0.4, -0.2) is 30.4 Å². The zero-order valence-corrected chi connectivity index (χ0v) is 19.1. The lowest BCUT2D eigenvalue weighted by molar-refractivity contribution is 0.395. The number of rotatable bonds is 4. The second kappa shape index (κ2) is 8.80. The molecule has 1 saturated carbocycles. The van der Waals surface area contributed by atoms with Crippen LogP contribution in [0.15, 0.2) is 28.2 Å². The first-order valence-electron chi connectivity index (χ1n) is 9.29. The van der Waals surface area contributed by atoms with Crippen molar-refractivity contribution in [1.29, 1.82) is 0 Å². The minimum absolute atomic E-state index is 0.295. The number of hydrogen-bond acceptors (Lipinski definition) is 5. The summed E-state index contributed by atoms with van der Waals surface area (Å²) < 4.78 is 10.9. The van der Waals surface area contributed by atoms with Gasteiger partial charge in [0, 0.05) is 22.7 Å². The Morgan fingerprint density at radius 2 is 1.72 bits per heavy atom. The molecule has 1 aromatic heterocycles. The molecule has 2 heterocycles. The quantitative estimate of drug-likeness (QED) is 0.477. The topological polar surface area (TPSA) is 47.0 Å². The van der Waals surface area contributed by atoms with Crippen molar-refractivity contribution >= 4 is 57.4 Å². The zero-order valence-electron chi connectivity index (χ0n) is 16.0. The summed E-state index contributed by atoms with van der Waals surface area (Å²) in [5.41, 5.74) is 1.65. The van der Waals surface area contributed by atoms with E-state index in [4.69, 9.17) is 49.3 Å². The number of thioether (sulfide) groups is 1. The molecule has 9 heteroatoms. The molecule has 0 radical (unpaired) electrons. The van der Waals surface area contributed by atoms with Gasteiger partial charge in [-0.2, -0.15) is 0 Å². The normalized spacial score (nSPS) is 18.2. The summed E-state index contributed by atoms with van der Waals surface area (Å²) >= 11 is 21.1. The number of aliphatic imine (C=N–C) groups is 1. The average Bonchev–Trinajstić information content (AvgIpc) is 3.22. The smallest absolute Gasteiger partial charge is 0.169 e. The Bertz CT molecular complexity index is 936. The molecule has 0 bridgehead atoms. The first-order chi connectivity index (χ1) is 14.0. The van der Waals surface area contributed by atoms with Crippen LogP contribution in [0.2, 0.25) is 15.2 Å². The Labute approximate surface area is 189 Å². The Balaban J connectivity index is 1.86. The number of benzene rings is 1. The van der Waals surface area contributed by atoms with Crippen molar-refractivity contribution in [2.45, 2.75) is 43.2 Å². The Kier molecular flexibility index (Phi) is 6.35. The summed E-state index contributed by atoms with van der Waals surface area (Å²) in [6.45, 7) is 0.522. The minimum atomic E-state index is 0.295. The third kappa shape index (κ3) is 4.13. The second-order valence-corrected chi connectivity index (χ2v) is 9.06. The second-order valence-electron chi connectivity index (χ2n) is 6.91. The molecule has 1 fully saturated rings. The van der Waals surface area contributed by atoms with Gasteiger partial charge in [0.15, 0.2) is 5.17 Å². The van der Waals surface area contributed by atoms with Crippen LogP contribution in [-0.2, 0) is 6.54 Å². The van der Waals surface area contributed by atoms with Crippen molar-refractivity contribution in [3.05, 3.63) is 39.1 Å². The van der Waals surface area contributed by atoms with E-state index in [-0.39, 0.29) is 0 Å². The summed E-state index contributed by atoms with van der Waals surface area (Å²) in [6, 6.07) is 3.86. The third-order valence-corrected chi connectivity index (χ3v) is 7.15. The highest BCUT2D eigenvalue weighted by Crippen LogP contribution is 2.49. The van der Waals surface area contributed by atoms with Gasteiger partial charge >= 0.3 is 0 Å². The lowest BCUT2D eigenvalue weighted by atomic mass is 10.2. The molecule has 1 aliphatic heterocycles. The minimum Gasteiger partial charge on any atom is -0.495 e. The van der Waals surface area contributed by atoms with Crippen LogP contribution in [0.1, 0.15) is 31.2 Å². The maximum atomic E-state index is 6.70. The van der Waals surface area contributed by atoms with Crippen molar-refractivity contribution < 1.29 is 9.47 Å². The first-order valence-corrected chi connectivity index (χ1v) is 11.2. The van der Waals surface area contributed by atoms with Gasteiger partial charge in [-0.25, -0.2) is 4.98 Å². The average molecular weight is 473 g/mol. The number of amidine groups is 1. The molecule has 0 saturated heterocycles. The molecule has 29 heavy (non-hydrogen) atoms. The van der Waals surface area contributed by atoms with Crippen molar-refractivity contribution in [1.82, 2.24) is 4.98 Å². The molecule has 2 aliphatic rings. The molecule has 0 atom stereocenters. The molecular weight excluding hydrogens is 453 g/mol. The third-order valence-electron chi connectivity index (χ3n) is 5.11. The van der Waals surface area contributed by atoms with E-state index in [1.165, 1.54) is 12.8 Å². The van der Waals surface area contributed by atoms with Crippen molar-refractivity contribution in [3.8, 4) is 11.5 Å². The van der Waals surface area contributed by atoms with Gasteiger partial charge in [-0.05, 0) is 18.9 Å². The van der Waals surface area contributed by atoms with E-state index >= 15 is 0 Å². The molecule has 0 N–H and O–H groups in total. The van der Waals surface area contributed by atoms with Crippen LogP contribution < -0.4 is 14.4 Å². The molecule has 154 valence electrons. The van der Waals surface area contributed by atoms with Gasteiger partial charge < -0.3 is 14.4 Å². The van der Waals surface area contributed by atoms with Gasteiger partial charge in [0.2, 0.25) is 0 Å². The monoisotopic (exact) mass is 471 g/mol. The number of hydrogen-bond donors (Lipinski definition) is 0. The number of halogens is 3. The predicted molar refractivity (Wildman–Crippen MR) is 121 cm³/mol. The van der Waals surface area contributed by atoms with E-state index in [1.54, 1.807) is 38.2 Å². The van der Waals surface area contributed by atoms with E-state index in [0.29, 0.717) is 45.0 Å². The molecule has 0 unspecified atom stereocenters. The molecule has 0 spiro atoms. The molecule has 5 nitrogen and oxygen atoms in total. The fraction of sp³-hybridized carbons (Fsp3) is 0.400. The van der Waals surface area contributed by atoms with Crippen LogP contribution in [0.4, 0.5) is 5.69 Å². The van der Waals surface area contributed by atoms with Gasteiger partial charge in [0.05, 0.1) is 32.5 Å². The summed E-state index contributed by atoms with van der Waals surface area (Å²) in [4.78, 5) is 12.4. The largest absolute Gasteiger partial charge is 0.495 e. The Hall–Kier alpha value is -1.34. The van der Waals surface area contributed by atoms with Crippen molar-refractivity contribution in [2.75, 3.05) is 19.1 Å². The first kappa shape index (κ1) is 20.9. The zero-order chi connectivity index (χ0) is 20.5. The van der Waals surface area contributed by atoms with Crippen LogP contribution in [0.3, 0.4) is 0 Å². The summed E-state index contributed by atoms with van der Waals surface area (Å²) in [6.07, 6.45) is 6.36. The van der Waals surface area contributed by atoms with Gasteiger partial charge in [-0.3, -0.25) is 4.99 Å². The van der Waals surface area contributed by atoms with Crippen molar-refractivity contribution in [2.24, 2.45) is 4.99 Å². The number of pyridine rings is 1. The highest BCUT2D eigenvalue weighted by molar-refractivity contribution is 8.14. The fourth-order valence-electron chi connectivity index (χ4n) is 3.62. The summed E-state index contributed by atoms with van der Waals surface area (Å²) in [7, 11) is 3.14. The molecule has 2 aromatic rings. The summed E-state index contributed by atoms with van der Waals surface area (Å²) in [5, 5.41) is 2.14. The fourth-order valence-corrected chi connectivity index (χ4v) is 5.63. The van der Waals surface area contributed by atoms with E-state index in [9.17, 15) is 0 Å². The lowest BCUT2D eigenvalue weighted by Gasteiger charge is -2.33. The predicted octanol–water partition coefficient (Wildman–Crippen LogP) is 6.47. The highest BCUT2D eigenvalue weighted by atomic mass is 35.5. The van der Waals surface area contributed by atoms with Crippen LogP contribution in [0.25, 0.3) is 0 Å². The van der Waals surface area contributed by atoms with Crippen molar-refractivity contribution in [3.63, 3.8) is 0 Å². The number of nitrogens with zero attached hydrogens (tertiary/aromatic N) is 3. The van der Waals surface area contributed by atoms with Gasteiger partial charge in [0.1, 0.15) is 26.7 Å². The lowest BCUT2D eigenvalue weighted by Crippen LogP contribution is -2.33. The van der Waals surface area contributed by atoms with Gasteiger partial charge in [-0.1, -0.05) is 59.4 Å². The molecule has 1 aliphatic carbocycles. The maximum absolute atomic E-state index is 6.70. The molecule has 0 amide bonds. The SMILES string of the molecule is COc1cc(OC)c(Cl)c(N2Cc3cnc(Cl)cc3SC2=NC2CCCC2)c1Cl. The van der Waals surface area contributed by atoms with Crippen LogP contribution in [0.5, 0.6) is 11.5 Å². The van der Waals surface area contributed by atoms with Gasteiger partial charge in [0.25, 0.3) is 0 Å². The number of anilines is 1. The van der Waals surface area contributed by atoms with E-state index < -0.39 is 0 Å². The highest BCUT2D eigenvalue weighted by Gasteiger charge is 2.31. The van der Waals surface area contributed by atoms with Gasteiger partial charge in [-0.15, -0.1) is 0 Å². The number of methoxy groups -OCH3 is 2. The number of fused-ring (bicyclic) bond motifs is 1. The molecule has 1 aromatic carbocycles. The van der Waals surface area contributed by atoms with Crippen LogP contribution >= 0.6 is 46.6 Å². The van der Waals surface area contributed by atoms with Crippen LogP contribution in [0, 0.1) is 0 Å². The number of ether oxygens (including phenoxy) is 2. The number of aromatic nitrogens is 1. The van der Waals surface area contributed by atoms with E-state index in [1.807, 2.05) is 11.0 Å². The van der Waals surface area contributed by atoms with E-state index in [0.717, 1.165) is 28.5 Å². The Morgan fingerprint density at radius 3 is 2.34 bits per heavy atom. The standard InChI is InChI=1S/C20H20Cl3N3O2S/c1-27-13-7-14(28-2)18(23)19(17(13)22)26-10-11-9-24-16(21)8-15(11)29-20(26)25-12-5-3-4-6-12/h7-9,12H,3-6,10H2,1-2H3. The maximum Gasteiger partial charge on any atom is 0.169 e. The molecule has 4 rings (SSSR count). The summed E-state index contributed by atoms with van der Waals surface area (Å²) in [5.74, 6) is 0.987. The molecular formula is C20H20Cl3N3O2S. The Morgan fingerprint density at radius 1 is 1.07 bits per heavy atom.